The second-order valence-corrected chi connectivity index (χ2v) is 6.13. The van der Waals surface area contributed by atoms with E-state index in [1.54, 1.807) is 4.68 Å². The largest absolute Gasteiger partial charge is 0.488 e. The van der Waals surface area contributed by atoms with E-state index in [4.69, 9.17) is 4.74 Å². The Morgan fingerprint density at radius 3 is 3.00 bits per heavy atom. The summed E-state index contributed by atoms with van der Waals surface area (Å²) in [6.07, 6.45) is 6.39. The van der Waals surface area contributed by atoms with Gasteiger partial charge in [0.15, 0.2) is 0 Å². The third-order valence-electron chi connectivity index (χ3n) is 3.33. The zero-order valence-corrected chi connectivity index (χ0v) is 13.1. The van der Waals surface area contributed by atoms with E-state index >= 15 is 0 Å². The van der Waals surface area contributed by atoms with E-state index < -0.39 is 0 Å². The summed E-state index contributed by atoms with van der Waals surface area (Å²) in [6, 6.07) is 6.84. The van der Waals surface area contributed by atoms with E-state index in [0.717, 1.165) is 22.3 Å². The van der Waals surface area contributed by atoms with Crippen molar-refractivity contribution in [2.75, 3.05) is 0 Å². The molecule has 1 aliphatic carbocycles. The molecule has 106 valence electrons. The highest BCUT2D eigenvalue weighted by Crippen LogP contribution is 2.26. The highest BCUT2D eigenvalue weighted by Gasteiger charge is 2.20. The summed E-state index contributed by atoms with van der Waals surface area (Å²) in [5.41, 5.74) is 2.27. The highest BCUT2D eigenvalue weighted by molar-refractivity contribution is 9.10. The Kier molecular flexibility index (Phi) is 4.08. The van der Waals surface area contributed by atoms with Crippen LogP contribution in [0.25, 0.3) is 0 Å². The van der Waals surface area contributed by atoms with E-state index in [0.29, 0.717) is 12.6 Å². The molecule has 1 saturated carbocycles. The van der Waals surface area contributed by atoms with Crippen LogP contribution in [0.4, 0.5) is 0 Å². The van der Waals surface area contributed by atoms with Gasteiger partial charge in [0.25, 0.3) is 0 Å². The molecule has 3 rings (SSSR count). The molecular formula is C15H18BrN3O. The van der Waals surface area contributed by atoms with E-state index in [9.17, 15) is 0 Å². The fourth-order valence-electron chi connectivity index (χ4n) is 2.08. The Labute approximate surface area is 127 Å². The maximum atomic E-state index is 5.93. The molecule has 0 amide bonds. The first-order chi connectivity index (χ1) is 9.70. The first kappa shape index (κ1) is 13.6. The van der Waals surface area contributed by atoms with Crippen molar-refractivity contribution >= 4 is 15.9 Å². The number of halogens is 1. The zero-order valence-electron chi connectivity index (χ0n) is 11.5. The number of benzene rings is 1. The van der Waals surface area contributed by atoms with Gasteiger partial charge in [-0.3, -0.25) is 4.68 Å². The lowest BCUT2D eigenvalue weighted by Crippen LogP contribution is -2.16. The SMILES string of the molecule is Cn1cc(COc2ccc(Br)cc2CNC2CC2)cn1. The molecule has 0 unspecified atom stereocenters. The number of hydrogen-bond acceptors (Lipinski definition) is 3. The van der Waals surface area contributed by atoms with Gasteiger partial charge in [-0.2, -0.15) is 5.10 Å². The molecule has 4 nitrogen and oxygen atoms in total. The molecule has 20 heavy (non-hydrogen) atoms. The van der Waals surface area contributed by atoms with Crippen LogP contribution in [0, 0.1) is 0 Å². The molecular weight excluding hydrogens is 318 g/mol. The molecule has 0 saturated heterocycles. The number of nitrogens with zero attached hydrogens (tertiary/aromatic N) is 2. The van der Waals surface area contributed by atoms with Crippen molar-refractivity contribution < 1.29 is 4.74 Å². The Morgan fingerprint density at radius 1 is 1.45 bits per heavy atom. The van der Waals surface area contributed by atoms with Gasteiger partial charge in [-0.25, -0.2) is 0 Å². The predicted octanol–water partition coefficient (Wildman–Crippen LogP) is 3.01. The van der Waals surface area contributed by atoms with Gasteiger partial charge >= 0.3 is 0 Å². The van der Waals surface area contributed by atoms with Crippen LogP contribution in [0.3, 0.4) is 0 Å². The Morgan fingerprint density at radius 2 is 2.30 bits per heavy atom. The van der Waals surface area contributed by atoms with Gasteiger partial charge in [-0.05, 0) is 31.0 Å². The fraction of sp³-hybridized carbons (Fsp3) is 0.400. The second kappa shape index (κ2) is 5.97. The molecule has 1 N–H and O–H groups in total. The second-order valence-electron chi connectivity index (χ2n) is 5.22. The Bertz CT molecular complexity index is 593. The minimum atomic E-state index is 0.548. The highest BCUT2D eigenvalue weighted by atomic mass is 79.9. The third-order valence-corrected chi connectivity index (χ3v) is 3.83. The summed E-state index contributed by atoms with van der Waals surface area (Å²) >= 11 is 3.52. The minimum absolute atomic E-state index is 0.548. The van der Waals surface area contributed by atoms with E-state index in [2.05, 4.69) is 32.4 Å². The van der Waals surface area contributed by atoms with Crippen LogP contribution in [0.15, 0.2) is 35.1 Å². The van der Waals surface area contributed by atoms with E-state index in [-0.39, 0.29) is 0 Å². The smallest absolute Gasteiger partial charge is 0.124 e. The minimum Gasteiger partial charge on any atom is -0.488 e. The topological polar surface area (TPSA) is 39.1 Å². The number of hydrogen-bond donors (Lipinski definition) is 1. The molecule has 0 bridgehead atoms. The third kappa shape index (κ3) is 3.61. The number of ether oxygens (including phenoxy) is 1. The zero-order chi connectivity index (χ0) is 13.9. The number of rotatable bonds is 6. The van der Waals surface area contributed by atoms with Gasteiger partial charge in [0.2, 0.25) is 0 Å². The number of aryl methyl sites for hydroxylation is 1. The monoisotopic (exact) mass is 335 g/mol. The maximum Gasteiger partial charge on any atom is 0.124 e. The van der Waals surface area contributed by atoms with Crippen LogP contribution in [-0.2, 0) is 20.2 Å². The lowest BCUT2D eigenvalue weighted by Gasteiger charge is -2.12. The lowest BCUT2D eigenvalue weighted by molar-refractivity contribution is 0.302. The standard InChI is InChI=1S/C15H18BrN3O/c1-19-9-11(7-18-19)10-20-15-5-2-13(16)6-12(15)8-17-14-3-4-14/h2,5-7,9,14,17H,3-4,8,10H2,1H3. The van der Waals surface area contributed by atoms with Crippen LogP contribution in [0.5, 0.6) is 5.75 Å². The molecule has 1 fully saturated rings. The molecule has 1 aliphatic rings. The fourth-order valence-corrected chi connectivity index (χ4v) is 2.48. The molecule has 0 aliphatic heterocycles. The Balaban J connectivity index is 1.66. The van der Waals surface area contributed by atoms with Crippen LogP contribution in [-0.4, -0.2) is 15.8 Å². The molecule has 2 aromatic rings. The van der Waals surface area contributed by atoms with Crippen LogP contribution in [0.1, 0.15) is 24.0 Å². The van der Waals surface area contributed by atoms with Gasteiger partial charge < -0.3 is 10.1 Å². The molecule has 1 heterocycles. The van der Waals surface area contributed by atoms with Crippen molar-refractivity contribution in [3.05, 3.63) is 46.2 Å². The maximum absolute atomic E-state index is 5.93. The average molecular weight is 336 g/mol. The van der Waals surface area contributed by atoms with E-state index in [1.807, 2.05) is 31.6 Å². The van der Waals surface area contributed by atoms with Crippen LogP contribution < -0.4 is 10.1 Å². The summed E-state index contributed by atoms with van der Waals surface area (Å²) in [7, 11) is 1.91. The lowest BCUT2D eigenvalue weighted by atomic mass is 10.2. The van der Waals surface area contributed by atoms with Crippen molar-refractivity contribution in [1.82, 2.24) is 15.1 Å². The predicted molar refractivity (Wildman–Crippen MR) is 81.5 cm³/mol. The first-order valence-electron chi connectivity index (χ1n) is 6.83. The van der Waals surface area contributed by atoms with Gasteiger partial charge in [-0.15, -0.1) is 0 Å². The number of aromatic nitrogens is 2. The van der Waals surface area contributed by atoms with Crippen molar-refractivity contribution in [3.63, 3.8) is 0 Å². The molecule has 1 aromatic carbocycles. The van der Waals surface area contributed by atoms with Crippen LogP contribution in [0.2, 0.25) is 0 Å². The summed E-state index contributed by atoms with van der Waals surface area (Å²) in [6.45, 7) is 1.40. The summed E-state index contributed by atoms with van der Waals surface area (Å²) in [5, 5.41) is 7.68. The van der Waals surface area contributed by atoms with Gasteiger partial charge in [0.05, 0.1) is 6.20 Å². The number of nitrogens with one attached hydrogen (secondary N) is 1. The van der Waals surface area contributed by atoms with Gasteiger partial charge in [0.1, 0.15) is 12.4 Å². The summed E-state index contributed by atoms with van der Waals surface area (Å²) < 4.78 is 8.80. The molecule has 0 atom stereocenters. The van der Waals surface area contributed by atoms with Crippen molar-refractivity contribution in [2.45, 2.75) is 32.0 Å². The van der Waals surface area contributed by atoms with Gasteiger partial charge in [0, 0.05) is 41.4 Å². The molecule has 1 aromatic heterocycles. The first-order valence-corrected chi connectivity index (χ1v) is 7.62. The van der Waals surface area contributed by atoms with Crippen molar-refractivity contribution in [2.24, 2.45) is 7.05 Å². The van der Waals surface area contributed by atoms with Crippen LogP contribution >= 0.6 is 15.9 Å². The van der Waals surface area contributed by atoms with E-state index in [1.165, 1.54) is 18.4 Å². The quantitative estimate of drug-likeness (QED) is 0.881. The Hall–Kier alpha value is -1.33. The molecule has 5 heteroatoms. The molecule has 0 spiro atoms. The molecule has 0 radical (unpaired) electrons. The average Bonchev–Trinajstić information content (AvgIpc) is 3.17. The van der Waals surface area contributed by atoms with Crippen molar-refractivity contribution in [3.8, 4) is 5.75 Å². The normalized spacial score (nSPS) is 14.5. The summed E-state index contributed by atoms with van der Waals surface area (Å²) in [4.78, 5) is 0. The van der Waals surface area contributed by atoms with Crippen molar-refractivity contribution in [1.29, 1.82) is 0 Å². The summed E-state index contributed by atoms with van der Waals surface area (Å²) in [5.74, 6) is 0.935. The van der Waals surface area contributed by atoms with Gasteiger partial charge in [-0.1, -0.05) is 15.9 Å².